The van der Waals surface area contributed by atoms with Gasteiger partial charge in [0.1, 0.15) is 11.6 Å². The maximum atomic E-state index is 4.51. The maximum absolute atomic E-state index is 4.51. The van der Waals surface area contributed by atoms with E-state index < -0.39 is 0 Å². The molecule has 23 heavy (non-hydrogen) atoms. The van der Waals surface area contributed by atoms with Crippen molar-refractivity contribution in [2.24, 2.45) is 0 Å². The molecule has 124 valence electrons. The van der Waals surface area contributed by atoms with Crippen LogP contribution in [-0.2, 0) is 19.5 Å². The largest absolute Gasteiger partial charge is 0.314 e. The fourth-order valence-electron chi connectivity index (χ4n) is 4.24. The van der Waals surface area contributed by atoms with Crippen LogP contribution in [0.15, 0.2) is 0 Å². The number of nitrogens with zero attached hydrogens (tertiary/aromatic N) is 5. The predicted octanol–water partition coefficient (Wildman–Crippen LogP) is 2.68. The lowest BCUT2D eigenvalue weighted by Crippen LogP contribution is -2.25. The highest BCUT2D eigenvalue weighted by atomic mass is 15.3. The third kappa shape index (κ3) is 2.69. The van der Waals surface area contributed by atoms with Crippen molar-refractivity contribution in [3.63, 3.8) is 0 Å². The first kappa shape index (κ1) is 14.9. The molecule has 2 aromatic heterocycles. The Morgan fingerprint density at radius 1 is 1.09 bits per heavy atom. The fourth-order valence-corrected chi connectivity index (χ4v) is 4.24. The van der Waals surface area contributed by atoms with Gasteiger partial charge in [0.05, 0.1) is 12.2 Å². The first-order valence-electron chi connectivity index (χ1n) is 8.90. The minimum absolute atomic E-state index is 0.465. The summed E-state index contributed by atoms with van der Waals surface area (Å²) in [4.78, 5) is 2.56. The first-order valence-corrected chi connectivity index (χ1v) is 8.90. The molecule has 1 fully saturated rings. The molecule has 0 aromatic carbocycles. The second-order valence-corrected chi connectivity index (χ2v) is 6.97. The topological polar surface area (TPSA) is 62.6 Å². The van der Waals surface area contributed by atoms with E-state index in [0.717, 1.165) is 37.6 Å². The van der Waals surface area contributed by atoms with Gasteiger partial charge in [0.25, 0.3) is 0 Å². The third-order valence-electron chi connectivity index (χ3n) is 5.41. The molecule has 0 bridgehead atoms. The molecule has 0 saturated carbocycles. The normalized spacial score (nSPS) is 22.3. The van der Waals surface area contributed by atoms with E-state index in [1.165, 1.54) is 49.2 Å². The summed E-state index contributed by atoms with van der Waals surface area (Å²) >= 11 is 0. The van der Waals surface area contributed by atoms with E-state index in [0.29, 0.717) is 6.04 Å². The van der Waals surface area contributed by atoms with Crippen LogP contribution in [0.3, 0.4) is 0 Å². The molecule has 0 spiro atoms. The Bertz CT molecular complexity index is 666. The summed E-state index contributed by atoms with van der Waals surface area (Å²) in [6.07, 6.45) is 7.34. The number of H-pyrrole nitrogens is 1. The molecular formula is C17H26N6. The van der Waals surface area contributed by atoms with E-state index in [9.17, 15) is 0 Å². The van der Waals surface area contributed by atoms with Crippen LogP contribution in [0.5, 0.6) is 0 Å². The summed E-state index contributed by atoms with van der Waals surface area (Å²) in [5.41, 5.74) is 3.73. The summed E-state index contributed by atoms with van der Waals surface area (Å²) in [5, 5.41) is 16.5. The Morgan fingerprint density at radius 2 is 2.00 bits per heavy atom. The Kier molecular flexibility index (Phi) is 3.93. The van der Waals surface area contributed by atoms with Crippen LogP contribution in [0.25, 0.3) is 0 Å². The van der Waals surface area contributed by atoms with Crippen molar-refractivity contribution >= 4 is 0 Å². The summed E-state index contributed by atoms with van der Waals surface area (Å²) in [6, 6.07) is 0.465. The SMILES string of the molecule is Cc1n[nH]c(C)c1C1CCCN1Cc1nnc2n1CCCCC2. The summed E-state index contributed by atoms with van der Waals surface area (Å²) < 4.78 is 2.37. The standard InChI is InChI=1S/C17H26N6/c1-12-17(13(2)19-18-12)14-7-6-9-22(14)11-16-21-20-15-8-4-3-5-10-23(15)16/h14H,3-11H2,1-2H3,(H,18,19). The van der Waals surface area contributed by atoms with Crippen molar-refractivity contribution in [1.82, 2.24) is 29.9 Å². The molecule has 2 aromatic rings. The molecular weight excluding hydrogens is 288 g/mol. The number of aryl methyl sites for hydroxylation is 3. The van der Waals surface area contributed by atoms with Crippen LogP contribution in [0, 0.1) is 13.8 Å². The Hall–Kier alpha value is -1.69. The molecule has 0 radical (unpaired) electrons. The number of likely N-dealkylation sites (tertiary alicyclic amines) is 1. The molecule has 0 amide bonds. The molecule has 0 aliphatic carbocycles. The van der Waals surface area contributed by atoms with Gasteiger partial charge in [0, 0.05) is 30.3 Å². The highest BCUT2D eigenvalue weighted by molar-refractivity contribution is 5.28. The number of aromatic nitrogens is 5. The van der Waals surface area contributed by atoms with E-state index in [1.807, 2.05) is 0 Å². The summed E-state index contributed by atoms with van der Waals surface area (Å²) in [7, 11) is 0. The third-order valence-corrected chi connectivity index (χ3v) is 5.41. The maximum Gasteiger partial charge on any atom is 0.147 e. The lowest BCUT2D eigenvalue weighted by molar-refractivity contribution is 0.237. The first-order chi connectivity index (χ1) is 11.2. The van der Waals surface area contributed by atoms with E-state index in [1.54, 1.807) is 0 Å². The van der Waals surface area contributed by atoms with Gasteiger partial charge in [-0.3, -0.25) is 10.00 Å². The molecule has 1 saturated heterocycles. The molecule has 1 unspecified atom stereocenters. The molecule has 1 atom stereocenters. The zero-order valence-electron chi connectivity index (χ0n) is 14.2. The summed E-state index contributed by atoms with van der Waals surface area (Å²) in [5.74, 6) is 2.33. The van der Waals surface area contributed by atoms with Crippen molar-refractivity contribution in [2.45, 2.75) is 71.5 Å². The van der Waals surface area contributed by atoms with E-state index >= 15 is 0 Å². The summed E-state index contributed by atoms with van der Waals surface area (Å²) in [6.45, 7) is 7.37. The van der Waals surface area contributed by atoms with Gasteiger partial charge in [-0.05, 0) is 46.1 Å². The zero-order chi connectivity index (χ0) is 15.8. The van der Waals surface area contributed by atoms with Crippen molar-refractivity contribution < 1.29 is 0 Å². The van der Waals surface area contributed by atoms with Gasteiger partial charge in [0.15, 0.2) is 0 Å². The van der Waals surface area contributed by atoms with Crippen LogP contribution >= 0.6 is 0 Å². The van der Waals surface area contributed by atoms with Gasteiger partial charge < -0.3 is 4.57 Å². The van der Waals surface area contributed by atoms with Crippen molar-refractivity contribution in [2.75, 3.05) is 6.54 Å². The molecule has 4 rings (SSSR count). The Labute approximate surface area is 137 Å². The molecule has 2 aliphatic rings. The fraction of sp³-hybridized carbons (Fsp3) is 0.706. The van der Waals surface area contributed by atoms with Crippen LogP contribution < -0.4 is 0 Å². The van der Waals surface area contributed by atoms with Crippen molar-refractivity contribution in [3.05, 3.63) is 28.6 Å². The predicted molar refractivity (Wildman–Crippen MR) is 88.0 cm³/mol. The number of hydrogen-bond acceptors (Lipinski definition) is 4. The van der Waals surface area contributed by atoms with Crippen molar-refractivity contribution in [3.8, 4) is 0 Å². The number of fused-ring (bicyclic) bond motifs is 1. The van der Waals surface area contributed by atoms with Gasteiger partial charge in [-0.2, -0.15) is 5.10 Å². The van der Waals surface area contributed by atoms with Gasteiger partial charge in [-0.15, -0.1) is 10.2 Å². The van der Waals surface area contributed by atoms with Crippen LogP contribution in [0.4, 0.5) is 0 Å². The van der Waals surface area contributed by atoms with E-state index in [4.69, 9.17) is 0 Å². The Morgan fingerprint density at radius 3 is 2.83 bits per heavy atom. The van der Waals surface area contributed by atoms with Crippen LogP contribution in [-0.4, -0.2) is 36.4 Å². The quantitative estimate of drug-likeness (QED) is 0.946. The minimum Gasteiger partial charge on any atom is -0.314 e. The number of hydrogen-bond donors (Lipinski definition) is 1. The number of nitrogens with one attached hydrogen (secondary N) is 1. The van der Waals surface area contributed by atoms with E-state index in [2.05, 4.69) is 43.7 Å². The Balaban J connectivity index is 1.58. The molecule has 2 aliphatic heterocycles. The van der Waals surface area contributed by atoms with Crippen LogP contribution in [0.2, 0.25) is 0 Å². The average Bonchev–Trinajstić information content (AvgIpc) is 3.17. The van der Waals surface area contributed by atoms with Crippen molar-refractivity contribution in [1.29, 1.82) is 0 Å². The lowest BCUT2D eigenvalue weighted by Gasteiger charge is -2.24. The van der Waals surface area contributed by atoms with E-state index in [-0.39, 0.29) is 0 Å². The molecule has 1 N–H and O–H groups in total. The lowest BCUT2D eigenvalue weighted by atomic mass is 10.0. The average molecular weight is 314 g/mol. The highest BCUT2D eigenvalue weighted by Gasteiger charge is 2.31. The highest BCUT2D eigenvalue weighted by Crippen LogP contribution is 2.35. The second-order valence-electron chi connectivity index (χ2n) is 6.97. The van der Waals surface area contributed by atoms with Gasteiger partial charge in [0.2, 0.25) is 0 Å². The zero-order valence-corrected chi connectivity index (χ0v) is 14.2. The monoisotopic (exact) mass is 314 g/mol. The minimum atomic E-state index is 0.465. The number of aromatic amines is 1. The smallest absolute Gasteiger partial charge is 0.147 e. The van der Waals surface area contributed by atoms with Gasteiger partial charge in [-0.25, -0.2) is 0 Å². The molecule has 4 heterocycles. The molecule has 6 heteroatoms. The second kappa shape index (κ2) is 6.07. The van der Waals surface area contributed by atoms with Gasteiger partial charge in [-0.1, -0.05) is 6.42 Å². The molecule has 6 nitrogen and oxygen atoms in total. The van der Waals surface area contributed by atoms with Gasteiger partial charge >= 0.3 is 0 Å². The number of rotatable bonds is 3. The van der Waals surface area contributed by atoms with Crippen LogP contribution in [0.1, 0.15) is 66.7 Å².